The topological polar surface area (TPSA) is 103 Å². The van der Waals surface area contributed by atoms with Crippen LogP contribution in [0.1, 0.15) is 0 Å². The predicted molar refractivity (Wildman–Crippen MR) is 630 cm³/mol. The highest BCUT2D eigenvalue weighted by Crippen LogP contribution is 2.49. The van der Waals surface area contributed by atoms with Crippen LogP contribution in [-0.2, 0) is 0 Å². The molecule has 0 unspecified atom stereocenters. The molecule has 30 rings (SSSR count). The van der Waals surface area contributed by atoms with E-state index in [1.54, 1.807) is 45.3 Å². The third-order valence-corrected chi connectivity index (χ3v) is 32.3. The van der Waals surface area contributed by atoms with Crippen LogP contribution in [0.25, 0.3) is 281 Å². The van der Waals surface area contributed by atoms with Crippen LogP contribution in [0.2, 0.25) is 0 Å². The molecule has 0 atom stereocenters. The van der Waals surface area contributed by atoms with Gasteiger partial charge in [0.1, 0.15) is 19.3 Å². The Kier molecular flexibility index (Phi) is 23.0. The largest absolute Gasteiger partial charge is 0.227 e. The molecule has 8 nitrogen and oxygen atoms in total. The van der Waals surface area contributed by atoms with Crippen LogP contribution >= 0.6 is 45.3 Å². The van der Waals surface area contributed by atoms with E-state index in [2.05, 4.69) is 467 Å². The van der Waals surface area contributed by atoms with Gasteiger partial charge in [0.05, 0.1) is 22.8 Å². The fourth-order valence-electron chi connectivity index (χ4n) is 21.0. The minimum Gasteiger partial charge on any atom is -0.227 e. The molecule has 0 N–H and O–H groups in total. The van der Waals surface area contributed by atoms with Gasteiger partial charge in [-0.2, -0.15) is 0 Å². The van der Waals surface area contributed by atoms with Crippen LogP contribution < -0.4 is 0 Å². The molecule has 0 spiro atoms. The number of rotatable bonds is 12. The third-order valence-electron chi connectivity index (χ3n) is 28.0. The number of thiophene rings is 4. The highest BCUT2D eigenvalue weighted by molar-refractivity contribution is 7.26. The second-order valence-electron chi connectivity index (χ2n) is 36.9. The van der Waals surface area contributed by atoms with E-state index < -0.39 is 0 Å². The van der Waals surface area contributed by atoms with Gasteiger partial charge in [0.2, 0.25) is 0 Å². The third kappa shape index (κ3) is 16.5. The molecule has 0 fully saturated rings. The minimum absolute atomic E-state index is 0.747. The number of aromatic nitrogens is 8. The summed E-state index contributed by atoms with van der Waals surface area (Å²) in [6, 6.07) is 180. The van der Waals surface area contributed by atoms with Crippen molar-refractivity contribution in [3.63, 3.8) is 0 Å². The summed E-state index contributed by atoms with van der Waals surface area (Å²) in [7, 11) is 0. The van der Waals surface area contributed by atoms with Crippen molar-refractivity contribution < 1.29 is 0 Å². The first-order valence-electron chi connectivity index (χ1n) is 49.6. The monoisotopic (exact) mass is 1960 g/mol. The molecule has 0 aliphatic rings. The molecule has 0 aliphatic heterocycles. The molecule has 0 amide bonds. The van der Waals surface area contributed by atoms with Crippen molar-refractivity contribution in [1.82, 2.24) is 39.9 Å². The summed E-state index contributed by atoms with van der Waals surface area (Å²) in [4.78, 5) is 45.2. The lowest BCUT2D eigenvalue weighted by Crippen LogP contribution is -1.94. The van der Waals surface area contributed by atoms with E-state index >= 15 is 0 Å². The van der Waals surface area contributed by atoms with Gasteiger partial charge in [0, 0.05) is 106 Å². The van der Waals surface area contributed by atoms with Gasteiger partial charge in [-0.25, -0.2) is 39.9 Å². The molecule has 8 aromatic heterocycles. The van der Waals surface area contributed by atoms with Gasteiger partial charge in [-0.15, -0.1) is 45.3 Å². The predicted octanol–water partition coefficient (Wildman–Crippen LogP) is 38.3. The Balaban J connectivity index is 0.0000000974. The van der Waals surface area contributed by atoms with Crippen LogP contribution in [0.15, 0.2) is 510 Å². The van der Waals surface area contributed by atoms with Crippen LogP contribution in [0, 0.1) is 0 Å². The fraction of sp³-hybridized carbons (Fsp3) is 0. The average Bonchev–Trinajstić information content (AvgIpc) is 1.67. The summed E-state index contributed by atoms with van der Waals surface area (Å²) in [6.07, 6.45) is 0. The van der Waals surface area contributed by atoms with Gasteiger partial charge in [-0.3, -0.25) is 0 Å². The van der Waals surface area contributed by atoms with E-state index in [0.29, 0.717) is 0 Å². The number of nitrogens with zero attached hydrogens (tertiary/aromatic N) is 8. The van der Waals surface area contributed by atoms with Gasteiger partial charge in [0.25, 0.3) is 0 Å². The zero-order valence-electron chi connectivity index (χ0n) is 79.7. The summed E-state index contributed by atoms with van der Waals surface area (Å²) >= 11 is 6.93. The number of fused-ring (bicyclic) bond motifs is 24. The van der Waals surface area contributed by atoms with Gasteiger partial charge in [-0.05, 0) is 158 Å². The van der Waals surface area contributed by atoms with Gasteiger partial charge in [-0.1, -0.05) is 461 Å². The standard InChI is InChI=1S/2C34H20N2S.2C34H22N2S/c1-2-10-21(11-3-1)33-35-32(31-28-16-8-9-17-30(28)37-34(31)36-33)22-18-19-27-25-14-5-4-12-23(25)24-13-6-7-15-26(24)29(27)20-22;1-2-10-21(11-3-1)32-31-28-16-8-9-17-30(28)37-34(31)36-33(35-32)22-18-19-27-25-14-5-4-12-23(25)24-13-6-7-15-26(24)29(27)20-22;1-3-11-23(12-4-1)25-15-9-17-27(21-25)32-31-29-19-7-8-20-30(29)37-34(31)36-33(35-32)28-18-10-16-26(22-28)24-13-5-2-6-14-24;1-3-9-23(10-4-1)25-15-19-27(20-16-25)32-31-29-13-7-8-14-30(29)37-34(31)36-33(35-32)28-21-17-26(18-22-28)24-11-5-2-6-12-24/h2*1-20H;2*1-22H. The maximum absolute atomic E-state index is 5.23. The summed E-state index contributed by atoms with van der Waals surface area (Å²) in [5.74, 6) is 3.02. The molecule has 0 bridgehead atoms. The second kappa shape index (κ2) is 38.4. The Hall–Kier alpha value is -18.4. The van der Waals surface area contributed by atoms with E-state index in [1.807, 2.05) is 42.5 Å². The fourth-order valence-corrected chi connectivity index (χ4v) is 25.3. The lowest BCUT2D eigenvalue weighted by Gasteiger charge is -2.13. The Bertz CT molecular complexity index is 10300. The summed E-state index contributed by atoms with van der Waals surface area (Å²) in [6.45, 7) is 0. The maximum atomic E-state index is 5.23. The molecule has 12 heteroatoms. The SMILES string of the molecule is c1ccc(-c2ccc(-c3nc(-c4ccc(-c5ccccc5)cc4)c4c(n3)sc3ccccc34)cc2)cc1.c1ccc(-c2cccc(-c3nc(-c4cccc(-c5ccccc5)c4)c4c(n3)sc3ccccc34)c2)cc1.c1ccc(-c2nc(-c3ccc4c5ccccc5c5ccccc5c4c3)c3c(n2)sc2ccccc23)cc1.c1ccc(-c2nc(-c3ccc4c5ccccc5c5ccccc5c4c3)nc3sc4ccccc4c23)cc1. The average molecular weight is 1960 g/mol. The molecule has 22 aromatic carbocycles. The van der Waals surface area contributed by atoms with E-state index in [4.69, 9.17) is 39.9 Å². The molecule has 0 saturated carbocycles. The van der Waals surface area contributed by atoms with Crippen LogP contribution in [0.4, 0.5) is 0 Å². The highest BCUT2D eigenvalue weighted by atomic mass is 32.1. The summed E-state index contributed by atoms with van der Waals surface area (Å²) in [5, 5.41) is 24.5. The van der Waals surface area contributed by atoms with Crippen LogP contribution in [-0.4, -0.2) is 39.9 Å². The summed E-state index contributed by atoms with van der Waals surface area (Å²) < 4.78 is 4.92. The van der Waals surface area contributed by atoms with Gasteiger partial charge < -0.3 is 0 Å². The normalized spacial score (nSPS) is 11.5. The quantitative estimate of drug-likeness (QED) is 0.111. The molecule has 0 aliphatic carbocycles. The van der Waals surface area contributed by atoms with Gasteiger partial charge >= 0.3 is 0 Å². The van der Waals surface area contributed by atoms with E-state index in [9.17, 15) is 0 Å². The number of hydrogen-bond acceptors (Lipinski definition) is 12. The Morgan fingerprint density at radius 1 is 0.108 bits per heavy atom. The van der Waals surface area contributed by atoms with Crippen molar-refractivity contribution in [2.45, 2.75) is 0 Å². The lowest BCUT2D eigenvalue weighted by atomic mass is 9.92. The maximum Gasteiger partial charge on any atom is 0.161 e. The van der Waals surface area contributed by atoms with Crippen molar-refractivity contribution in [2.24, 2.45) is 0 Å². The lowest BCUT2D eigenvalue weighted by molar-refractivity contribution is 1.24. The van der Waals surface area contributed by atoms with Crippen molar-refractivity contribution >= 4 is 191 Å². The van der Waals surface area contributed by atoms with Crippen LogP contribution in [0.5, 0.6) is 0 Å². The van der Waals surface area contributed by atoms with Crippen LogP contribution in [0.3, 0.4) is 0 Å². The first kappa shape index (κ1) is 88.5. The van der Waals surface area contributed by atoms with Crippen molar-refractivity contribution in [1.29, 1.82) is 0 Å². The Morgan fingerprint density at radius 2 is 0.291 bits per heavy atom. The number of benzene rings is 22. The molecule has 0 saturated heterocycles. The molecular formula is C136H84N8S4. The first-order chi connectivity index (χ1) is 73.4. The number of hydrogen-bond donors (Lipinski definition) is 0. The molecule has 692 valence electrons. The minimum atomic E-state index is 0.747. The van der Waals surface area contributed by atoms with Gasteiger partial charge in [0.15, 0.2) is 23.3 Å². The van der Waals surface area contributed by atoms with E-state index in [-0.39, 0.29) is 0 Å². The highest BCUT2D eigenvalue weighted by Gasteiger charge is 2.25. The molecule has 30 aromatic rings. The van der Waals surface area contributed by atoms with E-state index in [0.717, 1.165) is 137 Å². The molecule has 148 heavy (non-hydrogen) atoms. The Labute approximate surface area is 868 Å². The second-order valence-corrected chi connectivity index (χ2v) is 41.0. The van der Waals surface area contributed by atoms with E-state index in [1.165, 1.54) is 144 Å². The first-order valence-corrected chi connectivity index (χ1v) is 52.8. The molecule has 8 heterocycles. The van der Waals surface area contributed by atoms with Crippen molar-refractivity contribution in [3.8, 4) is 135 Å². The van der Waals surface area contributed by atoms with Crippen molar-refractivity contribution in [3.05, 3.63) is 510 Å². The smallest absolute Gasteiger partial charge is 0.161 e. The zero-order chi connectivity index (χ0) is 97.9. The van der Waals surface area contributed by atoms with Crippen molar-refractivity contribution in [2.75, 3.05) is 0 Å². The summed E-state index contributed by atoms with van der Waals surface area (Å²) in [5.41, 5.74) is 21.9. The molecular weight excluding hydrogens is 1870 g/mol. The Morgan fingerprint density at radius 3 is 0.635 bits per heavy atom. The zero-order valence-corrected chi connectivity index (χ0v) is 83.0. The molecule has 0 radical (unpaired) electrons.